The largest absolute Gasteiger partial charge is 2.00 e. The number of halogens is 1. The molecule has 0 amide bonds. The fraction of sp³-hybridized carbons (Fsp3) is 0. The van der Waals surface area contributed by atoms with E-state index in [9.17, 15) is 4.53 Å². The second-order valence-corrected chi connectivity index (χ2v) is 0.378. The predicted octanol–water partition coefficient (Wildman–Crippen LogP) is -2.79. The number of rotatable bonds is 1. The van der Waals surface area contributed by atoms with E-state index in [4.69, 9.17) is 10.0 Å². The van der Waals surface area contributed by atoms with Crippen LogP contribution >= 0.6 is 0 Å². The Bertz CT molecular complexity index is 24.8. The van der Waals surface area contributed by atoms with E-state index < -0.39 is 7.32 Å². The third-order valence-corrected chi connectivity index (χ3v) is 0.0727. The minimum atomic E-state index is -2.78. The van der Waals surface area contributed by atoms with Crippen LogP contribution in [0, 0.1) is 0 Å². The smallest absolute Gasteiger partial charge is 0.868 e. The summed E-state index contributed by atoms with van der Waals surface area (Å²) in [4.78, 5) is 2.14. The summed E-state index contributed by atoms with van der Waals surface area (Å²) >= 11 is 0. The summed E-state index contributed by atoms with van der Waals surface area (Å²) < 4.78 is 9.99. The van der Waals surface area contributed by atoms with Gasteiger partial charge in [-0.2, -0.15) is 0 Å². The van der Waals surface area contributed by atoms with E-state index in [0.717, 1.165) is 0 Å². The molecule has 0 atom stereocenters. The van der Waals surface area contributed by atoms with E-state index in [1.807, 2.05) is 0 Å². The Kier molecular flexibility index (Phi) is 9.22. The summed E-state index contributed by atoms with van der Waals surface area (Å²) in [7, 11) is -2.78. The van der Waals surface area contributed by atoms with E-state index in [-0.39, 0.29) is 23.1 Å². The molecule has 0 saturated heterocycles. The van der Waals surface area contributed by atoms with Crippen LogP contribution in [0.15, 0.2) is 0 Å². The van der Waals surface area contributed by atoms with Gasteiger partial charge in [-0.3, -0.25) is 0 Å². The van der Waals surface area contributed by atoms with Crippen molar-refractivity contribution in [2.45, 2.75) is 0 Å². The third kappa shape index (κ3) is 8.82. The van der Waals surface area contributed by atoms with Crippen LogP contribution in [0.3, 0.4) is 0 Å². The van der Waals surface area contributed by atoms with Gasteiger partial charge in [0.1, 0.15) is 7.32 Å². The molecule has 0 aromatic heterocycles. The molecule has 0 radical (unpaired) electrons. The fourth-order valence-electron chi connectivity index (χ4n) is 0. The minimum Gasteiger partial charge on any atom is -0.868 e. The molecule has 0 aromatic rings. The second kappa shape index (κ2) is 5.64. The van der Waals surface area contributed by atoms with Gasteiger partial charge >= 0.3 is 23.1 Å². The molecule has 0 spiro atoms. The first kappa shape index (κ1) is 9.81. The first-order valence-electron chi connectivity index (χ1n) is 0.861. The van der Waals surface area contributed by atoms with Crippen LogP contribution in [0.2, 0.25) is 0 Å². The van der Waals surface area contributed by atoms with Crippen LogP contribution in [0.1, 0.15) is 0 Å². The Morgan fingerprint density at radius 2 is 1.67 bits per heavy atom. The maximum absolute atomic E-state index is 9.99. The first-order chi connectivity index (χ1) is 2.27. The second-order valence-electron chi connectivity index (χ2n) is 0.378. The molecular weight excluding hydrogens is 102 g/mol. The third-order valence-electron chi connectivity index (χ3n) is 0.0727. The molecule has 0 aliphatic carbocycles. The van der Waals surface area contributed by atoms with Crippen molar-refractivity contribution < 1.29 is 19.4 Å². The standard InChI is InChI=1S/BFO3.Mg/c2-5-1(3)4;/q-2;+2. The van der Waals surface area contributed by atoms with Crippen molar-refractivity contribution in [2.75, 3.05) is 0 Å². The molecule has 0 aliphatic heterocycles. The number of hydrogen-bond acceptors (Lipinski definition) is 3. The summed E-state index contributed by atoms with van der Waals surface area (Å²) in [5.41, 5.74) is 0. The van der Waals surface area contributed by atoms with Gasteiger partial charge in [-0.25, -0.2) is 0 Å². The molecule has 30 valence electrons. The summed E-state index contributed by atoms with van der Waals surface area (Å²) in [5.74, 6) is 0. The molecule has 0 N–H and O–H groups in total. The van der Waals surface area contributed by atoms with E-state index in [2.05, 4.69) is 4.86 Å². The van der Waals surface area contributed by atoms with Crippen molar-refractivity contribution in [1.82, 2.24) is 0 Å². The van der Waals surface area contributed by atoms with Gasteiger partial charge in [0.2, 0.25) is 0 Å². The van der Waals surface area contributed by atoms with Gasteiger partial charge < -0.3 is 14.9 Å². The van der Waals surface area contributed by atoms with E-state index in [1.165, 1.54) is 0 Å². The fourth-order valence-corrected chi connectivity index (χ4v) is 0. The van der Waals surface area contributed by atoms with Crippen molar-refractivity contribution >= 4 is 30.4 Å². The van der Waals surface area contributed by atoms with Crippen molar-refractivity contribution in [2.24, 2.45) is 0 Å². The molecule has 0 rings (SSSR count). The molecule has 0 unspecified atom stereocenters. The zero-order valence-electron chi connectivity index (χ0n) is 2.89. The van der Waals surface area contributed by atoms with Crippen LogP contribution in [-0.4, -0.2) is 30.4 Å². The average Bonchev–Trinajstić information content (AvgIpc) is 1.38. The quantitative estimate of drug-likeness (QED) is 0.336. The van der Waals surface area contributed by atoms with Gasteiger partial charge in [0.05, 0.1) is 0 Å². The Morgan fingerprint density at radius 3 is 1.67 bits per heavy atom. The van der Waals surface area contributed by atoms with Crippen LogP contribution in [0.5, 0.6) is 0 Å². The molecule has 3 nitrogen and oxygen atoms in total. The predicted molar refractivity (Wildman–Crippen MR) is 13.7 cm³/mol. The molecule has 0 heterocycles. The summed E-state index contributed by atoms with van der Waals surface area (Å²) in [6.07, 6.45) is 0. The molecular formula is BFMgO3. The molecule has 0 saturated carbocycles. The van der Waals surface area contributed by atoms with E-state index in [0.29, 0.717) is 0 Å². The van der Waals surface area contributed by atoms with Gasteiger partial charge in [-0.1, -0.05) is 4.53 Å². The average molecular weight is 102 g/mol. The van der Waals surface area contributed by atoms with Crippen molar-refractivity contribution in [1.29, 1.82) is 0 Å². The maximum atomic E-state index is 9.99. The van der Waals surface area contributed by atoms with Gasteiger partial charge in [-0.15, -0.1) is 0 Å². The topological polar surface area (TPSA) is 55.3 Å². The normalized spacial score (nSPS) is 6.50. The summed E-state index contributed by atoms with van der Waals surface area (Å²) in [6.45, 7) is 0. The summed E-state index contributed by atoms with van der Waals surface area (Å²) in [6, 6.07) is 0. The van der Waals surface area contributed by atoms with Crippen LogP contribution in [-0.2, 0) is 4.86 Å². The molecule has 6 heavy (non-hydrogen) atoms. The van der Waals surface area contributed by atoms with Gasteiger partial charge in [-0.05, 0) is 0 Å². The zero-order valence-corrected chi connectivity index (χ0v) is 4.30. The van der Waals surface area contributed by atoms with E-state index in [1.54, 1.807) is 0 Å². The minimum absolute atomic E-state index is 0. The Hall–Kier alpha value is 0.641. The van der Waals surface area contributed by atoms with Gasteiger partial charge in [0.25, 0.3) is 0 Å². The molecule has 0 fully saturated rings. The molecule has 0 aromatic carbocycles. The van der Waals surface area contributed by atoms with Crippen molar-refractivity contribution in [3.63, 3.8) is 0 Å². The molecule has 6 heteroatoms. The Morgan fingerprint density at radius 1 is 1.50 bits per heavy atom. The summed E-state index contributed by atoms with van der Waals surface area (Å²) in [5, 5.41) is 17.5. The van der Waals surface area contributed by atoms with Crippen LogP contribution in [0.25, 0.3) is 0 Å². The van der Waals surface area contributed by atoms with Gasteiger partial charge in [0, 0.05) is 0 Å². The SMILES string of the molecule is [Mg+2].[O-]B([O-])OF. The first-order valence-corrected chi connectivity index (χ1v) is 0.861. The molecule has 0 bridgehead atoms. The van der Waals surface area contributed by atoms with E-state index >= 15 is 0 Å². The monoisotopic (exact) mass is 102 g/mol. The van der Waals surface area contributed by atoms with Gasteiger partial charge in [0.15, 0.2) is 0 Å². The zero-order chi connectivity index (χ0) is 4.28. The van der Waals surface area contributed by atoms with Crippen molar-refractivity contribution in [3.8, 4) is 0 Å². The number of hydrogen-bond donors (Lipinski definition) is 0. The Balaban J connectivity index is 0. The Labute approximate surface area is 50.3 Å². The van der Waals surface area contributed by atoms with Crippen molar-refractivity contribution in [3.05, 3.63) is 0 Å². The van der Waals surface area contributed by atoms with Crippen LogP contribution < -0.4 is 10.0 Å². The van der Waals surface area contributed by atoms with Crippen LogP contribution in [0.4, 0.5) is 4.53 Å². The molecule has 0 aliphatic rings. The maximum Gasteiger partial charge on any atom is 2.00 e.